The monoisotopic (exact) mass is 287 g/mol. The van der Waals surface area contributed by atoms with Crippen LogP contribution in [0, 0.1) is 12.8 Å². The standard InChI is InChI=1S/C15H21N5O/c1-12-16-18-20(17-12)15(13-5-3-2-4-6-13)14-7-9-19(11-21)10-8-14/h2-6,14-15,21H,7-11H2,1H3. The van der Waals surface area contributed by atoms with Crippen molar-refractivity contribution in [2.75, 3.05) is 19.8 Å². The van der Waals surface area contributed by atoms with Crippen LogP contribution in [0.4, 0.5) is 0 Å². The number of rotatable bonds is 4. The molecule has 1 aromatic carbocycles. The minimum absolute atomic E-state index is 0.119. The zero-order valence-electron chi connectivity index (χ0n) is 12.3. The lowest BCUT2D eigenvalue weighted by atomic mass is 9.86. The Hall–Kier alpha value is -1.79. The molecule has 1 atom stereocenters. The molecule has 21 heavy (non-hydrogen) atoms. The van der Waals surface area contributed by atoms with Gasteiger partial charge < -0.3 is 5.11 Å². The van der Waals surface area contributed by atoms with Gasteiger partial charge in [-0.25, -0.2) is 0 Å². The summed E-state index contributed by atoms with van der Waals surface area (Å²) in [5.41, 5.74) is 1.22. The first kappa shape index (κ1) is 14.2. The fraction of sp³-hybridized carbons (Fsp3) is 0.533. The molecule has 3 rings (SSSR count). The number of piperidine rings is 1. The van der Waals surface area contributed by atoms with Crippen molar-refractivity contribution in [3.63, 3.8) is 0 Å². The Labute approximate surface area is 124 Å². The molecule has 2 aromatic rings. The van der Waals surface area contributed by atoms with Crippen molar-refractivity contribution >= 4 is 0 Å². The average Bonchev–Trinajstić information content (AvgIpc) is 2.95. The largest absolute Gasteiger partial charge is 0.381 e. The second kappa shape index (κ2) is 6.32. The Bertz CT molecular complexity index is 562. The van der Waals surface area contributed by atoms with Crippen molar-refractivity contribution in [2.24, 2.45) is 5.92 Å². The Morgan fingerprint density at radius 1 is 1.24 bits per heavy atom. The highest BCUT2D eigenvalue weighted by Gasteiger charge is 2.30. The molecule has 0 saturated carbocycles. The number of hydrogen-bond donors (Lipinski definition) is 1. The Morgan fingerprint density at radius 2 is 1.95 bits per heavy atom. The summed E-state index contributed by atoms with van der Waals surface area (Å²) in [6.07, 6.45) is 2.06. The first-order valence-corrected chi connectivity index (χ1v) is 7.42. The fourth-order valence-electron chi connectivity index (χ4n) is 3.07. The van der Waals surface area contributed by atoms with Gasteiger partial charge in [0.2, 0.25) is 0 Å². The van der Waals surface area contributed by atoms with E-state index >= 15 is 0 Å². The van der Waals surface area contributed by atoms with E-state index in [1.54, 1.807) is 4.80 Å². The minimum Gasteiger partial charge on any atom is -0.381 e. The molecule has 2 heterocycles. The SMILES string of the molecule is Cc1nnn(C(c2ccccc2)C2CCN(CO)CC2)n1. The van der Waals surface area contributed by atoms with Crippen LogP contribution < -0.4 is 0 Å². The molecular formula is C15H21N5O. The molecule has 1 unspecified atom stereocenters. The van der Waals surface area contributed by atoms with E-state index in [0.29, 0.717) is 11.7 Å². The van der Waals surface area contributed by atoms with E-state index in [1.165, 1.54) is 5.56 Å². The second-order valence-corrected chi connectivity index (χ2v) is 5.61. The molecule has 0 radical (unpaired) electrons. The normalized spacial score (nSPS) is 18.8. The number of aliphatic hydroxyl groups excluding tert-OH is 1. The molecule has 112 valence electrons. The summed E-state index contributed by atoms with van der Waals surface area (Å²) in [6.45, 7) is 3.83. The summed E-state index contributed by atoms with van der Waals surface area (Å²) in [7, 11) is 0. The zero-order valence-corrected chi connectivity index (χ0v) is 12.3. The van der Waals surface area contributed by atoms with Gasteiger partial charge in [-0.2, -0.15) is 4.80 Å². The summed E-state index contributed by atoms with van der Waals surface area (Å²) >= 11 is 0. The van der Waals surface area contributed by atoms with E-state index in [9.17, 15) is 5.11 Å². The topological polar surface area (TPSA) is 67.1 Å². The molecular weight excluding hydrogens is 266 g/mol. The number of aromatic nitrogens is 4. The summed E-state index contributed by atoms with van der Waals surface area (Å²) in [5.74, 6) is 1.16. The summed E-state index contributed by atoms with van der Waals surface area (Å²) in [5, 5.41) is 21.9. The van der Waals surface area contributed by atoms with Gasteiger partial charge in [-0.1, -0.05) is 30.3 Å². The molecule has 1 N–H and O–H groups in total. The van der Waals surface area contributed by atoms with Gasteiger partial charge in [0, 0.05) is 13.1 Å². The lowest BCUT2D eigenvalue weighted by Crippen LogP contribution is -2.38. The van der Waals surface area contributed by atoms with Gasteiger partial charge in [-0.3, -0.25) is 4.90 Å². The van der Waals surface area contributed by atoms with E-state index < -0.39 is 0 Å². The molecule has 1 saturated heterocycles. The number of benzene rings is 1. The van der Waals surface area contributed by atoms with E-state index in [-0.39, 0.29) is 12.8 Å². The van der Waals surface area contributed by atoms with E-state index in [2.05, 4.69) is 44.6 Å². The Balaban J connectivity index is 1.87. The maximum Gasteiger partial charge on any atom is 0.171 e. The van der Waals surface area contributed by atoms with Crippen molar-refractivity contribution in [1.29, 1.82) is 0 Å². The summed E-state index contributed by atoms with van der Waals surface area (Å²) in [4.78, 5) is 3.82. The molecule has 1 aliphatic rings. The first-order valence-electron chi connectivity index (χ1n) is 7.42. The molecule has 0 aliphatic carbocycles. The third-order valence-corrected chi connectivity index (χ3v) is 4.20. The average molecular weight is 287 g/mol. The number of likely N-dealkylation sites (tertiary alicyclic amines) is 1. The molecule has 6 nitrogen and oxygen atoms in total. The third-order valence-electron chi connectivity index (χ3n) is 4.20. The van der Waals surface area contributed by atoms with Crippen molar-refractivity contribution in [3.8, 4) is 0 Å². The maximum absolute atomic E-state index is 9.24. The van der Waals surface area contributed by atoms with Crippen molar-refractivity contribution < 1.29 is 5.11 Å². The third kappa shape index (κ3) is 3.11. The van der Waals surface area contributed by atoms with Gasteiger partial charge in [0.05, 0.1) is 6.73 Å². The predicted molar refractivity (Wildman–Crippen MR) is 78.5 cm³/mol. The smallest absolute Gasteiger partial charge is 0.171 e. The molecule has 1 fully saturated rings. The first-order chi connectivity index (χ1) is 10.3. The number of aliphatic hydroxyl groups is 1. The summed E-state index contributed by atoms with van der Waals surface area (Å²) < 4.78 is 0. The van der Waals surface area contributed by atoms with E-state index in [4.69, 9.17) is 0 Å². The van der Waals surface area contributed by atoms with Crippen molar-refractivity contribution in [2.45, 2.75) is 25.8 Å². The van der Waals surface area contributed by atoms with Gasteiger partial charge in [0.25, 0.3) is 0 Å². The maximum atomic E-state index is 9.24. The van der Waals surface area contributed by atoms with Crippen LogP contribution in [0.1, 0.15) is 30.3 Å². The van der Waals surface area contributed by atoms with E-state index in [1.807, 2.05) is 13.0 Å². The fourth-order valence-corrected chi connectivity index (χ4v) is 3.07. The number of nitrogens with zero attached hydrogens (tertiary/aromatic N) is 5. The highest BCUT2D eigenvalue weighted by atomic mass is 16.3. The van der Waals surface area contributed by atoms with Gasteiger partial charge >= 0.3 is 0 Å². The van der Waals surface area contributed by atoms with Gasteiger partial charge in [0.15, 0.2) is 5.82 Å². The summed E-state index contributed by atoms with van der Waals surface area (Å²) in [6, 6.07) is 10.5. The highest BCUT2D eigenvalue weighted by molar-refractivity contribution is 5.20. The van der Waals surface area contributed by atoms with Crippen LogP contribution in [-0.4, -0.2) is 50.0 Å². The molecule has 0 amide bonds. The molecule has 0 bridgehead atoms. The highest BCUT2D eigenvalue weighted by Crippen LogP contribution is 2.32. The lowest BCUT2D eigenvalue weighted by molar-refractivity contribution is 0.0630. The minimum atomic E-state index is 0.119. The van der Waals surface area contributed by atoms with Crippen LogP contribution in [0.3, 0.4) is 0 Å². The number of aryl methyl sites for hydroxylation is 1. The second-order valence-electron chi connectivity index (χ2n) is 5.61. The van der Waals surface area contributed by atoms with Crippen LogP contribution >= 0.6 is 0 Å². The van der Waals surface area contributed by atoms with Gasteiger partial charge in [-0.15, -0.1) is 10.2 Å². The quantitative estimate of drug-likeness (QED) is 0.916. The molecule has 1 aliphatic heterocycles. The predicted octanol–water partition coefficient (Wildman–Crippen LogP) is 1.23. The molecule has 1 aromatic heterocycles. The lowest BCUT2D eigenvalue weighted by Gasteiger charge is -2.34. The van der Waals surface area contributed by atoms with Crippen molar-refractivity contribution in [3.05, 3.63) is 41.7 Å². The van der Waals surface area contributed by atoms with Crippen LogP contribution in [0.2, 0.25) is 0 Å². The number of hydrogen-bond acceptors (Lipinski definition) is 5. The Kier molecular flexibility index (Phi) is 4.26. The molecule has 0 spiro atoms. The van der Waals surface area contributed by atoms with Gasteiger partial charge in [-0.05, 0) is 36.5 Å². The number of tetrazole rings is 1. The van der Waals surface area contributed by atoms with Crippen LogP contribution in [0.25, 0.3) is 0 Å². The van der Waals surface area contributed by atoms with Gasteiger partial charge in [0.1, 0.15) is 6.04 Å². The molecule has 6 heteroatoms. The van der Waals surface area contributed by atoms with Crippen LogP contribution in [-0.2, 0) is 0 Å². The van der Waals surface area contributed by atoms with Crippen LogP contribution in [0.5, 0.6) is 0 Å². The van der Waals surface area contributed by atoms with Crippen molar-refractivity contribution in [1.82, 2.24) is 25.1 Å². The Morgan fingerprint density at radius 3 is 2.52 bits per heavy atom. The van der Waals surface area contributed by atoms with Crippen LogP contribution in [0.15, 0.2) is 30.3 Å². The van der Waals surface area contributed by atoms with E-state index in [0.717, 1.165) is 25.9 Å². The zero-order chi connectivity index (χ0) is 14.7.